The number of halogens is 1. The molecular formula is C14H21ClN2. The van der Waals surface area contributed by atoms with E-state index in [0.29, 0.717) is 6.54 Å². The van der Waals surface area contributed by atoms with Gasteiger partial charge in [-0.15, -0.1) is 0 Å². The van der Waals surface area contributed by atoms with Crippen molar-refractivity contribution in [3.05, 3.63) is 34.9 Å². The molecule has 2 unspecified atom stereocenters. The van der Waals surface area contributed by atoms with E-state index in [-0.39, 0.29) is 6.04 Å². The zero-order chi connectivity index (χ0) is 12.3. The highest BCUT2D eigenvalue weighted by Crippen LogP contribution is 2.36. The van der Waals surface area contributed by atoms with Crippen LogP contribution in [0.4, 0.5) is 0 Å². The molecule has 0 amide bonds. The minimum atomic E-state index is 0.171. The third-order valence-electron chi connectivity index (χ3n) is 3.63. The molecule has 1 aliphatic rings. The van der Waals surface area contributed by atoms with E-state index in [2.05, 4.69) is 18.3 Å². The molecule has 1 aromatic carbocycles. The molecule has 2 atom stereocenters. The molecule has 1 saturated carbocycles. The van der Waals surface area contributed by atoms with E-state index in [0.717, 1.165) is 29.0 Å². The Morgan fingerprint density at radius 1 is 1.41 bits per heavy atom. The largest absolute Gasteiger partial charge is 0.329 e. The van der Waals surface area contributed by atoms with Crippen LogP contribution in [0.5, 0.6) is 0 Å². The monoisotopic (exact) mass is 252 g/mol. The predicted octanol–water partition coefficient (Wildman–Crippen LogP) is 2.98. The maximum atomic E-state index is 6.19. The molecule has 94 valence electrons. The molecule has 1 fully saturated rings. The summed E-state index contributed by atoms with van der Waals surface area (Å²) in [6, 6.07) is 8.10. The third kappa shape index (κ3) is 3.44. The number of nitrogens with two attached hydrogens (primary N) is 1. The molecule has 1 aliphatic carbocycles. The van der Waals surface area contributed by atoms with Gasteiger partial charge in [0, 0.05) is 17.6 Å². The number of nitrogens with one attached hydrogen (secondary N) is 1. The van der Waals surface area contributed by atoms with Crippen LogP contribution in [-0.4, -0.2) is 13.1 Å². The molecule has 0 spiro atoms. The molecule has 2 nitrogen and oxygen atoms in total. The van der Waals surface area contributed by atoms with Gasteiger partial charge in [-0.1, -0.05) is 36.7 Å². The molecule has 17 heavy (non-hydrogen) atoms. The lowest BCUT2D eigenvalue weighted by Crippen LogP contribution is -2.32. The lowest BCUT2D eigenvalue weighted by Gasteiger charge is -2.21. The van der Waals surface area contributed by atoms with Crippen LogP contribution in [0.15, 0.2) is 24.3 Å². The molecule has 0 bridgehead atoms. The first kappa shape index (κ1) is 12.9. The normalized spacial score (nSPS) is 19.0. The fraction of sp³-hybridized carbons (Fsp3) is 0.571. The van der Waals surface area contributed by atoms with Crippen LogP contribution in [0.2, 0.25) is 5.02 Å². The maximum Gasteiger partial charge on any atom is 0.0459 e. The average Bonchev–Trinajstić information content (AvgIpc) is 3.15. The predicted molar refractivity (Wildman–Crippen MR) is 73.1 cm³/mol. The molecule has 1 aromatic rings. The van der Waals surface area contributed by atoms with Gasteiger partial charge < -0.3 is 11.1 Å². The van der Waals surface area contributed by atoms with Crippen LogP contribution in [0.3, 0.4) is 0 Å². The number of hydrogen-bond acceptors (Lipinski definition) is 2. The van der Waals surface area contributed by atoms with Gasteiger partial charge in [0.05, 0.1) is 0 Å². The third-order valence-corrected chi connectivity index (χ3v) is 3.97. The fourth-order valence-electron chi connectivity index (χ4n) is 2.24. The Morgan fingerprint density at radius 3 is 2.71 bits per heavy atom. The molecule has 0 radical (unpaired) electrons. The molecule has 0 heterocycles. The topological polar surface area (TPSA) is 38.0 Å². The Hall–Kier alpha value is -0.570. The van der Waals surface area contributed by atoms with Crippen LogP contribution in [-0.2, 0) is 0 Å². The second kappa shape index (κ2) is 5.85. The van der Waals surface area contributed by atoms with E-state index in [1.807, 2.05) is 18.2 Å². The van der Waals surface area contributed by atoms with Gasteiger partial charge in [-0.25, -0.2) is 0 Å². The smallest absolute Gasteiger partial charge is 0.0459 e. The van der Waals surface area contributed by atoms with E-state index in [1.54, 1.807) is 0 Å². The van der Waals surface area contributed by atoms with Crippen LogP contribution < -0.4 is 11.1 Å². The summed E-state index contributed by atoms with van der Waals surface area (Å²) in [5.74, 6) is 1.67. The minimum absolute atomic E-state index is 0.171. The summed E-state index contributed by atoms with van der Waals surface area (Å²) in [4.78, 5) is 0. The summed E-state index contributed by atoms with van der Waals surface area (Å²) in [5, 5.41) is 4.34. The van der Waals surface area contributed by atoms with Crippen molar-refractivity contribution in [1.82, 2.24) is 5.32 Å². The van der Waals surface area contributed by atoms with Crippen molar-refractivity contribution in [1.29, 1.82) is 0 Å². The highest BCUT2D eigenvalue weighted by atomic mass is 35.5. The van der Waals surface area contributed by atoms with Crippen LogP contribution in [0.1, 0.15) is 31.4 Å². The Bertz CT molecular complexity index is 363. The maximum absolute atomic E-state index is 6.19. The first-order chi connectivity index (χ1) is 8.22. The summed E-state index contributed by atoms with van der Waals surface area (Å²) in [5.41, 5.74) is 6.94. The molecule has 0 aromatic heterocycles. The highest BCUT2D eigenvalue weighted by Gasteiger charge is 2.28. The van der Waals surface area contributed by atoms with Gasteiger partial charge in [-0.05, 0) is 42.9 Å². The SMILES string of the molecule is CC(CNC(CN)c1ccccc1Cl)C1CC1. The molecule has 3 heteroatoms. The summed E-state index contributed by atoms with van der Waals surface area (Å²) >= 11 is 6.19. The van der Waals surface area contributed by atoms with Gasteiger partial charge in [0.15, 0.2) is 0 Å². The zero-order valence-corrected chi connectivity index (χ0v) is 11.1. The number of rotatable bonds is 6. The molecule has 3 N–H and O–H groups in total. The molecular weight excluding hydrogens is 232 g/mol. The Morgan fingerprint density at radius 2 is 2.12 bits per heavy atom. The second-order valence-electron chi connectivity index (χ2n) is 5.03. The van der Waals surface area contributed by atoms with E-state index in [9.17, 15) is 0 Å². The standard InChI is InChI=1S/C14H21ClN2/c1-10(11-6-7-11)9-17-14(8-16)12-4-2-3-5-13(12)15/h2-5,10-11,14,17H,6-9,16H2,1H3. The van der Waals surface area contributed by atoms with Gasteiger partial charge >= 0.3 is 0 Å². The lowest BCUT2D eigenvalue weighted by molar-refractivity contribution is 0.423. The van der Waals surface area contributed by atoms with E-state index < -0.39 is 0 Å². The number of benzene rings is 1. The summed E-state index contributed by atoms with van der Waals surface area (Å²) in [6.07, 6.45) is 2.78. The van der Waals surface area contributed by atoms with Crippen LogP contribution in [0.25, 0.3) is 0 Å². The van der Waals surface area contributed by atoms with Crippen molar-refractivity contribution in [2.75, 3.05) is 13.1 Å². The Balaban J connectivity index is 1.93. The van der Waals surface area contributed by atoms with Crippen molar-refractivity contribution in [3.8, 4) is 0 Å². The van der Waals surface area contributed by atoms with Gasteiger partial charge in [0.25, 0.3) is 0 Å². The van der Waals surface area contributed by atoms with E-state index >= 15 is 0 Å². The summed E-state index contributed by atoms with van der Waals surface area (Å²) < 4.78 is 0. The minimum Gasteiger partial charge on any atom is -0.329 e. The van der Waals surface area contributed by atoms with Crippen molar-refractivity contribution < 1.29 is 0 Å². The zero-order valence-electron chi connectivity index (χ0n) is 10.3. The van der Waals surface area contributed by atoms with Gasteiger partial charge in [-0.2, -0.15) is 0 Å². The van der Waals surface area contributed by atoms with Crippen molar-refractivity contribution in [2.45, 2.75) is 25.8 Å². The second-order valence-corrected chi connectivity index (χ2v) is 5.44. The molecule has 0 aliphatic heterocycles. The first-order valence-electron chi connectivity index (χ1n) is 6.40. The van der Waals surface area contributed by atoms with Gasteiger partial charge in [0.2, 0.25) is 0 Å². The van der Waals surface area contributed by atoms with E-state index in [1.165, 1.54) is 12.8 Å². The van der Waals surface area contributed by atoms with Crippen molar-refractivity contribution in [2.24, 2.45) is 17.6 Å². The molecule has 0 saturated heterocycles. The summed E-state index contributed by atoms with van der Waals surface area (Å²) in [7, 11) is 0. The van der Waals surface area contributed by atoms with Crippen LogP contribution >= 0.6 is 11.6 Å². The van der Waals surface area contributed by atoms with E-state index in [4.69, 9.17) is 17.3 Å². The molecule has 2 rings (SSSR count). The number of hydrogen-bond donors (Lipinski definition) is 2. The first-order valence-corrected chi connectivity index (χ1v) is 6.78. The van der Waals surface area contributed by atoms with Gasteiger partial charge in [-0.3, -0.25) is 0 Å². The van der Waals surface area contributed by atoms with Gasteiger partial charge in [0.1, 0.15) is 0 Å². The lowest BCUT2D eigenvalue weighted by atomic mass is 10.0. The Kier molecular flexibility index (Phi) is 4.43. The van der Waals surface area contributed by atoms with Crippen molar-refractivity contribution in [3.63, 3.8) is 0 Å². The summed E-state index contributed by atoms with van der Waals surface area (Å²) in [6.45, 7) is 3.92. The quantitative estimate of drug-likeness (QED) is 0.817. The fourth-order valence-corrected chi connectivity index (χ4v) is 2.51. The highest BCUT2D eigenvalue weighted by molar-refractivity contribution is 6.31. The van der Waals surface area contributed by atoms with Crippen LogP contribution in [0, 0.1) is 11.8 Å². The average molecular weight is 253 g/mol. The van der Waals surface area contributed by atoms with Crippen molar-refractivity contribution >= 4 is 11.6 Å². The Labute approximate surface area is 109 Å².